The summed E-state index contributed by atoms with van der Waals surface area (Å²) in [5.41, 5.74) is 7.83. The molecule has 0 N–H and O–H groups in total. The van der Waals surface area contributed by atoms with Crippen LogP contribution in [-0.2, 0) is 0 Å². The molecule has 0 fully saturated rings. The third kappa shape index (κ3) is 5.40. The highest BCUT2D eigenvalue weighted by atomic mass is 14.2. The zero-order valence-electron chi connectivity index (χ0n) is 29.8. The lowest BCUT2D eigenvalue weighted by atomic mass is 9.86. The highest BCUT2D eigenvalue weighted by molar-refractivity contribution is 6.24. The second-order valence-corrected chi connectivity index (χ2v) is 14.0. The number of benzene rings is 11. The lowest BCUT2D eigenvalue weighted by molar-refractivity contribution is 1.65. The van der Waals surface area contributed by atoms with E-state index in [4.69, 9.17) is 0 Å². The summed E-state index contributed by atoms with van der Waals surface area (Å²) in [7, 11) is 0. The van der Waals surface area contributed by atoms with Crippen LogP contribution in [0.25, 0.3) is 98.0 Å². The Labute approximate surface area is 315 Å². The number of hydrogen-bond acceptors (Lipinski definition) is 0. The molecule has 11 aromatic rings. The van der Waals surface area contributed by atoms with E-state index in [0.717, 1.165) is 0 Å². The molecule has 11 aromatic carbocycles. The quantitative estimate of drug-likeness (QED) is 0.163. The fourth-order valence-corrected chi connectivity index (χ4v) is 8.53. The molecule has 0 spiro atoms. The molecule has 0 bridgehead atoms. The summed E-state index contributed by atoms with van der Waals surface area (Å²) >= 11 is 0. The van der Waals surface area contributed by atoms with Gasteiger partial charge in [0.05, 0.1) is 0 Å². The molecular weight excluding hydrogens is 649 g/mol. The zero-order valence-corrected chi connectivity index (χ0v) is 29.8. The molecule has 0 unspecified atom stereocenters. The Morgan fingerprint density at radius 1 is 0.167 bits per heavy atom. The van der Waals surface area contributed by atoms with Gasteiger partial charge >= 0.3 is 0 Å². The maximum atomic E-state index is 2.31. The summed E-state index contributed by atoms with van der Waals surface area (Å²) in [5.74, 6) is 0. The SMILES string of the molecule is c1ccc(-c2c3ccccc3c(-c3ccccc3)c3ccccc23)cc1.c1ccc2c(-c3c4ccccc4cc4ccccc34)c3ccccc3cc2c1. The van der Waals surface area contributed by atoms with Gasteiger partial charge in [0, 0.05) is 0 Å². The van der Waals surface area contributed by atoms with E-state index in [2.05, 4.69) is 218 Å². The Morgan fingerprint density at radius 3 is 0.667 bits per heavy atom. The van der Waals surface area contributed by atoms with Crippen molar-refractivity contribution in [1.82, 2.24) is 0 Å². The van der Waals surface area contributed by atoms with Crippen LogP contribution in [0.4, 0.5) is 0 Å². The maximum absolute atomic E-state index is 2.31. The summed E-state index contributed by atoms with van der Waals surface area (Å²) in [4.78, 5) is 0. The molecule has 0 aromatic heterocycles. The minimum atomic E-state index is 1.26. The minimum absolute atomic E-state index is 1.26. The summed E-state index contributed by atoms with van der Waals surface area (Å²) in [5, 5.41) is 15.6. The third-order valence-electron chi connectivity index (χ3n) is 10.8. The van der Waals surface area contributed by atoms with Gasteiger partial charge in [0.1, 0.15) is 0 Å². The van der Waals surface area contributed by atoms with E-state index in [1.54, 1.807) is 0 Å². The fourth-order valence-electron chi connectivity index (χ4n) is 8.53. The van der Waals surface area contributed by atoms with Crippen molar-refractivity contribution >= 4 is 64.6 Å². The zero-order chi connectivity index (χ0) is 35.8. The fraction of sp³-hybridized carbons (Fsp3) is 0. The maximum Gasteiger partial charge on any atom is -0.00143 e. The number of hydrogen-bond donors (Lipinski definition) is 0. The molecule has 0 radical (unpaired) electrons. The number of rotatable bonds is 3. The van der Waals surface area contributed by atoms with Crippen molar-refractivity contribution in [2.75, 3.05) is 0 Å². The molecule has 0 nitrogen and oxygen atoms in total. The molecule has 54 heavy (non-hydrogen) atoms. The van der Waals surface area contributed by atoms with E-state index in [0.29, 0.717) is 0 Å². The lowest BCUT2D eigenvalue weighted by Crippen LogP contribution is -1.90. The second-order valence-electron chi connectivity index (χ2n) is 14.0. The molecule has 0 saturated heterocycles. The van der Waals surface area contributed by atoms with Gasteiger partial charge in [-0.05, 0) is 110 Å². The smallest absolute Gasteiger partial charge is 0.00143 e. The van der Waals surface area contributed by atoms with Crippen LogP contribution in [0.5, 0.6) is 0 Å². The molecular formula is C54H36. The Bertz CT molecular complexity index is 2760. The second kappa shape index (κ2) is 13.5. The monoisotopic (exact) mass is 684 g/mol. The van der Waals surface area contributed by atoms with E-state index in [-0.39, 0.29) is 0 Å². The van der Waals surface area contributed by atoms with Crippen LogP contribution in [0.3, 0.4) is 0 Å². The minimum Gasteiger partial charge on any atom is -0.0622 e. The van der Waals surface area contributed by atoms with E-state index < -0.39 is 0 Å². The van der Waals surface area contributed by atoms with Gasteiger partial charge < -0.3 is 0 Å². The van der Waals surface area contributed by atoms with Crippen molar-refractivity contribution in [3.05, 3.63) is 218 Å². The van der Waals surface area contributed by atoms with Crippen molar-refractivity contribution in [3.8, 4) is 33.4 Å². The van der Waals surface area contributed by atoms with Gasteiger partial charge in [-0.25, -0.2) is 0 Å². The number of fused-ring (bicyclic) bond motifs is 6. The molecule has 11 rings (SSSR count). The average Bonchev–Trinajstić information content (AvgIpc) is 3.25. The van der Waals surface area contributed by atoms with Crippen molar-refractivity contribution in [3.63, 3.8) is 0 Å². The summed E-state index contributed by atoms with van der Waals surface area (Å²) in [6.45, 7) is 0. The first-order valence-corrected chi connectivity index (χ1v) is 18.7. The van der Waals surface area contributed by atoms with E-state index in [1.807, 2.05) is 0 Å². The molecule has 0 aliphatic heterocycles. The van der Waals surface area contributed by atoms with E-state index in [9.17, 15) is 0 Å². The first-order chi connectivity index (χ1) is 26.8. The van der Waals surface area contributed by atoms with Crippen LogP contribution >= 0.6 is 0 Å². The van der Waals surface area contributed by atoms with Crippen molar-refractivity contribution in [2.24, 2.45) is 0 Å². The lowest BCUT2D eigenvalue weighted by Gasteiger charge is -2.17. The van der Waals surface area contributed by atoms with Crippen molar-refractivity contribution < 1.29 is 0 Å². The van der Waals surface area contributed by atoms with Crippen LogP contribution in [0.1, 0.15) is 0 Å². The van der Waals surface area contributed by atoms with Crippen molar-refractivity contribution in [1.29, 1.82) is 0 Å². The molecule has 0 heterocycles. The van der Waals surface area contributed by atoms with Crippen LogP contribution in [0, 0.1) is 0 Å². The van der Waals surface area contributed by atoms with Gasteiger partial charge in [-0.2, -0.15) is 0 Å². The van der Waals surface area contributed by atoms with Crippen LogP contribution in [0.2, 0.25) is 0 Å². The van der Waals surface area contributed by atoms with Crippen LogP contribution in [-0.4, -0.2) is 0 Å². The average molecular weight is 685 g/mol. The molecule has 0 aliphatic carbocycles. The van der Waals surface area contributed by atoms with Gasteiger partial charge in [0.2, 0.25) is 0 Å². The Balaban J connectivity index is 0.000000134. The first-order valence-electron chi connectivity index (χ1n) is 18.7. The van der Waals surface area contributed by atoms with Gasteiger partial charge in [0.25, 0.3) is 0 Å². The molecule has 0 atom stereocenters. The van der Waals surface area contributed by atoms with E-state index in [1.165, 1.54) is 98.0 Å². The Morgan fingerprint density at radius 2 is 0.389 bits per heavy atom. The summed E-state index contributed by atoms with van der Waals surface area (Å²) in [6.07, 6.45) is 0. The highest BCUT2D eigenvalue weighted by Gasteiger charge is 2.17. The van der Waals surface area contributed by atoms with Gasteiger partial charge in [-0.15, -0.1) is 0 Å². The Hall–Kier alpha value is -7.02. The van der Waals surface area contributed by atoms with Crippen molar-refractivity contribution in [2.45, 2.75) is 0 Å². The van der Waals surface area contributed by atoms with Gasteiger partial charge in [-0.3, -0.25) is 0 Å². The normalized spacial score (nSPS) is 11.3. The van der Waals surface area contributed by atoms with Gasteiger partial charge in [0.15, 0.2) is 0 Å². The highest BCUT2D eigenvalue weighted by Crippen LogP contribution is 2.45. The topological polar surface area (TPSA) is 0 Å². The third-order valence-corrected chi connectivity index (χ3v) is 10.8. The van der Waals surface area contributed by atoms with E-state index >= 15 is 0 Å². The van der Waals surface area contributed by atoms with Gasteiger partial charge in [-0.1, -0.05) is 206 Å². The molecule has 0 aliphatic rings. The summed E-state index contributed by atoms with van der Waals surface area (Å²) < 4.78 is 0. The molecule has 0 heteroatoms. The first kappa shape index (κ1) is 31.7. The van der Waals surface area contributed by atoms with Crippen LogP contribution in [0.15, 0.2) is 218 Å². The predicted molar refractivity (Wildman–Crippen MR) is 234 cm³/mol. The summed E-state index contributed by atoms with van der Waals surface area (Å²) in [6, 6.07) is 78.6. The largest absolute Gasteiger partial charge is 0.0622 e. The molecule has 0 amide bonds. The Kier molecular flexibility index (Phi) is 7.93. The van der Waals surface area contributed by atoms with Crippen LogP contribution < -0.4 is 0 Å². The molecule has 0 saturated carbocycles. The standard InChI is InChI=1S/C28H18.C26H18/c1-5-13-23-19(9-1)17-20-10-2-6-14-24(20)27(23)28-25-15-7-3-11-21(25)18-22-12-4-8-16-26(22)28;1-3-11-19(12-4-1)25-21-15-7-9-17-23(21)26(20-13-5-2-6-14-20)24-18-10-8-16-22(24)25/h1-18H;1-18H. The molecule has 252 valence electrons. The predicted octanol–water partition coefficient (Wildman–Crippen LogP) is 15.3.